The Kier molecular flexibility index (Phi) is 5.44. The van der Waals surface area contributed by atoms with Crippen molar-refractivity contribution < 1.29 is 4.52 Å². The van der Waals surface area contributed by atoms with Gasteiger partial charge in [-0.1, -0.05) is 25.9 Å². The molecule has 0 aliphatic carbocycles. The van der Waals surface area contributed by atoms with E-state index in [0.717, 1.165) is 23.8 Å². The molecule has 2 atom stereocenters. The van der Waals surface area contributed by atoms with Gasteiger partial charge in [-0.2, -0.15) is 4.98 Å². The summed E-state index contributed by atoms with van der Waals surface area (Å²) in [5.41, 5.74) is 1.14. The second-order valence-electron chi connectivity index (χ2n) is 5.70. The number of likely N-dealkylation sites (N-methyl/N-ethyl adjacent to an activating group) is 1. The van der Waals surface area contributed by atoms with Crippen LogP contribution < -0.4 is 5.32 Å². The molecule has 21 heavy (non-hydrogen) atoms. The Morgan fingerprint density at radius 3 is 2.52 bits per heavy atom. The molecule has 2 aromatic heterocycles. The average molecular weight is 288 g/mol. The molecule has 0 saturated heterocycles. The van der Waals surface area contributed by atoms with Crippen molar-refractivity contribution in [3.05, 3.63) is 41.8 Å². The lowest BCUT2D eigenvalue weighted by atomic mass is 9.89. The third-order valence-corrected chi connectivity index (χ3v) is 3.66. The number of nitrogens with zero attached hydrogens (tertiary/aromatic N) is 3. The number of nitrogens with one attached hydrogen (secondary N) is 1. The van der Waals surface area contributed by atoms with Crippen LogP contribution >= 0.6 is 0 Å². The summed E-state index contributed by atoms with van der Waals surface area (Å²) in [4.78, 5) is 8.61. The minimum absolute atomic E-state index is 0.226. The smallest absolute Gasteiger partial charge is 0.231 e. The first-order valence-electron chi connectivity index (χ1n) is 7.56. The Balaban J connectivity index is 2.13. The van der Waals surface area contributed by atoms with Gasteiger partial charge < -0.3 is 9.84 Å². The molecule has 0 amide bonds. The molecule has 5 heteroatoms. The van der Waals surface area contributed by atoms with Gasteiger partial charge >= 0.3 is 0 Å². The molecular formula is C16H24N4O. The van der Waals surface area contributed by atoms with Crippen molar-refractivity contribution in [2.24, 2.45) is 5.92 Å². The standard InChI is InChI=1S/C16H24N4O/c1-5-18-12(4)15(11(2)3)16-19-14(20-21-16)10-13-6-8-17-9-7-13/h6-9,11-12,15,18H,5,10H2,1-4H3. The zero-order valence-corrected chi connectivity index (χ0v) is 13.2. The van der Waals surface area contributed by atoms with E-state index in [1.54, 1.807) is 12.4 Å². The number of aromatic nitrogens is 3. The highest BCUT2D eigenvalue weighted by molar-refractivity contribution is 5.15. The summed E-state index contributed by atoms with van der Waals surface area (Å²) in [6, 6.07) is 4.25. The van der Waals surface area contributed by atoms with Crippen LogP contribution in [0.4, 0.5) is 0 Å². The third kappa shape index (κ3) is 4.11. The van der Waals surface area contributed by atoms with Crippen LogP contribution in [0.2, 0.25) is 0 Å². The highest BCUT2D eigenvalue weighted by Crippen LogP contribution is 2.27. The normalized spacial score (nSPS) is 14.3. The van der Waals surface area contributed by atoms with E-state index < -0.39 is 0 Å². The first-order chi connectivity index (χ1) is 10.1. The fraction of sp³-hybridized carbons (Fsp3) is 0.562. The first-order valence-corrected chi connectivity index (χ1v) is 7.56. The minimum Gasteiger partial charge on any atom is -0.339 e. The van der Waals surface area contributed by atoms with E-state index in [-0.39, 0.29) is 5.92 Å². The van der Waals surface area contributed by atoms with Gasteiger partial charge in [0.2, 0.25) is 5.89 Å². The molecule has 0 bridgehead atoms. The van der Waals surface area contributed by atoms with Gasteiger partial charge in [-0.15, -0.1) is 0 Å². The molecule has 0 radical (unpaired) electrons. The Hall–Kier alpha value is -1.75. The van der Waals surface area contributed by atoms with Crippen LogP contribution in [0.15, 0.2) is 29.0 Å². The Morgan fingerprint density at radius 1 is 1.19 bits per heavy atom. The van der Waals surface area contributed by atoms with Gasteiger partial charge in [0.1, 0.15) is 0 Å². The second kappa shape index (κ2) is 7.31. The summed E-state index contributed by atoms with van der Waals surface area (Å²) in [6.07, 6.45) is 4.23. The molecule has 0 aromatic carbocycles. The van der Waals surface area contributed by atoms with Crippen LogP contribution in [0.1, 0.15) is 50.9 Å². The summed E-state index contributed by atoms with van der Waals surface area (Å²) < 4.78 is 5.51. The monoisotopic (exact) mass is 288 g/mol. The van der Waals surface area contributed by atoms with Gasteiger partial charge in [-0.25, -0.2) is 0 Å². The van der Waals surface area contributed by atoms with E-state index in [9.17, 15) is 0 Å². The second-order valence-corrected chi connectivity index (χ2v) is 5.70. The third-order valence-electron chi connectivity index (χ3n) is 3.66. The molecule has 0 fully saturated rings. The van der Waals surface area contributed by atoms with Crippen molar-refractivity contribution >= 4 is 0 Å². The lowest BCUT2D eigenvalue weighted by Crippen LogP contribution is -2.34. The van der Waals surface area contributed by atoms with Crippen LogP contribution in [0.5, 0.6) is 0 Å². The highest BCUT2D eigenvalue weighted by atomic mass is 16.5. The molecule has 1 N–H and O–H groups in total. The van der Waals surface area contributed by atoms with Crippen LogP contribution in [-0.2, 0) is 6.42 Å². The number of hydrogen-bond acceptors (Lipinski definition) is 5. The zero-order chi connectivity index (χ0) is 15.2. The Morgan fingerprint density at radius 2 is 1.90 bits per heavy atom. The fourth-order valence-corrected chi connectivity index (χ4v) is 2.68. The summed E-state index contributed by atoms with van der Waals surface area (Å²) >= 11 is 0. The van der Waals surface area contributed by atoms with Crippen molar-refractivity contribution in [1.82, 2.24) is 20.4 Å². The summed E-state index contributed by atoms with van der Waals surface area (Å²) in [7, 11) is 0. The van der Waals surface area contributed by atoms with Crippen LogP contribution in [0.3, 0.4) is 0 Å². The summed E-state index contributed by atoms with van der Waals surface area (Å²) in [5, 5.41) is 7.57. The van der Waals surface area contributed by atoms with Crippen molar-refractivity contribution in [2.75, 3.05) is 6.54 Å². The van der Waals surface area contributed by atoms with E-state index >= 15 is 0 Å². The van der Waals surface area contributed by atoms with Crippen molar-refractivity contribution in [3.8, 4) is 0 Å². The maximum Gasteiger partial charge on any atom is 0.231 e. The molecule has 2 heterocycles. The topological polar surface area (TPSA) is 63.8 Å². The predicted octanol–water partition coefficient (Wildman–Crippen LogP) is 2.79. The molecule has 0 saturated carbocycles. The van der Waals surface area contributed by atoms with E-state index in [2.05, 4.69) is 48.1 Å². The van der Waals surface area contributed by atoms with E-state index in [1.165, 1.54) is 0 Å². The van der Waals surface area contributed by atoms with E-state index in [0.29, 0.717) is 18.4 Å². The molecule has 2 aromatic rings. The molecular weight excluding hydrogens is 264 g/mol. The Bertz CT molecular complexity index is 538. The van der Waals surface area contributed by atoms with Gasteiger partial charge in [0.15, 0.2) is 5.82 Å². The van der Waals surface area contributed by atoms with Crippen molar-refractivity contribution in [2.45, 2.75) is 46.1 Å². The number of rotatable bonds is 7. The van der Waals surface area contributed by atoms with E-state index in [4.69, 9.17) is 4.52 Å². The molecule has 0 spiro atoms. The quantitative estimate of drug-likeness (QED) is 0.848. The molecule has 2 rings (SSSR count). The van der Waals surface area contributed by atoms with Crippen LogP contribution in [0, 0.1) is 5.92 Å². The van der Waals surface area contributed by atoms with Crippen LogP contribution in [-0.4, -0.2) is 27.7 Å². The lowest BCUT2D eigenvalue weighted by molar-refractivity contribution is 0.280. The van der Waals surface area contributed by atoms with Gasteiger partial charge in [-0.05, 0) is 37.1 Å². The highest BCUT2D eigenvalue weighted by Gasteiger charge is 2.27. The van der Waals surface area contributed by atoms with Crippen molar-refractivity contribution in [3.63, 3.8) is 0 Å². The van der Waals surface area contributed by atoms with Gasteiger partial charge in [0, 0.05) is 24.9 Å². The van der Waals surface area contributed by atoms with Gasteiger partial charge in [0.05, 0.1) is 5.92 Å². The van der Waals surface area contributed by atoms with E-state index in [1.807, 2.05) is 12.1 Å². The predicted molar refractivity (Wildman–Crippen MR) is 82.1 cm³/mol. The number of hydrogen-bond donors (Lipinski definition) is 1. The van der Waals surface area contributed by atoms with Crippen molar-refractivity contribution in [1.29, 1.82) is 0 Å². The number of pyridine rings is 1. The molecule has 5 nitrogen and oxygen atoms in total. The minimum atomic E-state index is 0.226. The first kappa shape index (κ1) is 15.6. The SMILES string of the molecule is CCNC(C)C(c1nc(Cc2ccncc2)no1)C(C)C. The average Bonchev–Trinajstić information content (AvgIpc) is 2.88. The summed E-state index contributed by atoms with van der Waals surface area (Å²) in [5.74, 6) is 2.12. The fourth-order valence-electron chi connectivity index (χ4n) is 2.68. The zero-order valence-electron chi connectivity index (χ0n) is 13.2. The molecule has 114 valence electrons. The van der Waals surface area contributed by atoms with Gasteiger partial charge in [0.25, 0.3) is 0 Å². The largest absolute Gasteiger partial charge is 0.339 e. The molecule has 0 aliphatic heterocycles. The maximum absolute atomic E-state index is 5.51. The lowest BCUT2D eigenvalue weighted by Gasteiger charge is -2.24. The van der Waals surface area contributed by atoms with Crippen LogP contribution in [0.25, 0.3) is 0 Å². The maximum atomic E-state index is 5.51. The summed E-state index contributed by atoms with van der Waals surface area (Å²) in [6.45, 7) is 9.58. The van der Waals surface area contributed by atoms with Gasteiger partial charge in [-0.3, -0.25) is 4.98 Å². The Labute approximate surface area is 126 Å². The molecule has 2 unspecified atom stereocenters. The molecule has 0 aliphatic rings.